The Labute approximate surface area is 143 Å². The number of para-hydroxylation sites is 1. The fourth-order valence-electron chi connectivity index (χ4n) is 2.60. The number of rotatable bonds is 8. The van der Waals surface area contributed by atoms with Crippen molar-refractivity contribution in [3.05, 3.63) is 59.4 Å². The van der Waals surface area contributed by atoms with E-state index in [-0.39, 0.29) is 25.0 Å². The molecule has 0 aliphatic rings. The molecule has 0 radical (unpaired) electrons. The van der Waals surface area contributed by atoms with Crippen LogP contribution >= 0.6 is 0 Å². The number of hydrogen-bond donors (Lipinski definition) is 3. The number of carbonyl (C=O) groups is 1. The molecule has 0 aliphatic heterocycles. The first-order chi connectivity index (χ1) is 11.6. The smallest absolute Gasteiger partial charge is 0.239 e. The maximum Gasteiger partial charge on any atom is 0.239 e. The van der Waals surface area contributed by atoms with Crippen LogP contribution in [0.15, 0.2) is 42.6 Å². The van der Waals surface area contributed by atoms with Crippen LogP contribution in [0, 0.1) is 19.8 Å². The summed E-state index contributed by atoms with van der Waals surface area (Å²) in [5.41, 5.74) is 4.15. The minimum atomic E-state index is -0.0860. The van der Waals surface area contributed by atoms with Crippen LogP contribution in [0.3, 0.4) is 0 Å². The molecule has 3 N–H and O–H groups in total. The summed E-state index contributed by atoms with van der Waals surface area (Å²) in [6, 6.07) is 11.7. The molecule has 0 spiro atoms. The second kappa shape index (κ2) is 9.03. The number of nitrogens with zero attached hydrogens (tertiary/aromatic N) is 1. The highest BCUT2D eigenvalue weighted by atomic mass is 16.3. The van der Waals surface area contributed by atoms with Crippen molar-refractivity contribution in [3.63, 3.8) is 0 Å². The molecule has 0 saturated heterocycles. The quantitative estimate of drug-likeness (QED) is 0.694. The molecule has 2 aromatic rings. The second-order valence-electron chi connectivity index (χ2n) is 6.00. The van der Waals surface area contributed by atoms with E-state index in [1.165, 1.54) is 0 Å². The van der Waals surface area contributed by atoms with Crippen LogP contribution in [0.2, 0.25) is 0 Å². The Morgan fingerprint density at radius 3 is 2.54 bits per heavy atom. The molecule has 0 saturated carbocycles. The van der Waals surface area contributed by atoms with Gasteiger partial charge in [-0.2, -0.15) is 0 Å². The first kappa shape index (κ1) is 17.9. The van der Waals surface area contributed by atoms with E-state index >= 15 is 0 Å². The van der Waals surface area contributed by atoms with Gasteiger partial charge < -0.3 is 15.7 Å². The summed E-state index contributed by atoms with van der Waals surface area (Å²) >= 11 is 0. The van der Waals surface area contributed by atoms with E-state index in [0.29, 0.717) is 13.0 Å². The lowest BCUT2D eigenvalue weighted by Gasteiger charge is -2.16. The summed E-state index contributed by atoms with van der Waals surface area (Å²) in [4.78, 5) is 16.3. The average Bonchev–Trinajstić information content (AvgIpc) is 2.59. The lowest BCUT2D eigenvalue weighted by atomic mass is 10.0. The minimum absolute atomic E-state index is 0.0151. The van der Waals surface area contributed by atoms with Crippen molar-refractivity contribution in [1.82, 2.24) is 10.3 Å². The molecule has 1 amide bonds. The Morgan fingerprint density at radius 1 is 1.17 bits per heavy atom. The first-order valence-corrected chi connectivity index (χ1v) is 8.17. The van der Waals surface area contributed by atoms with Gasteiger partial charge in [0.2, 0.25) is 5.91 Å². The van der Waals surface area contributed by atoms with E-state index in [1.807, 2.05) is 50.2 Å². The predicted molar refractivity (Wildman–Crippen MR) is 95.9 cm³/mol. The second-order valence-corrected chi connectivity index (χ2v) is 6.00. The largest absolute Gasteiger partial charge is 0.396 e. The van der Waals surface area contributed by atoms with Crippen molar-refractivity contribution in [2.75, 3.05) is 25.0 Å². The van der Waals surface area contributed by atoms with Crippen LogP contribution in [0.5, 0.6) is 0 Å². The summed E-state index contributed by atoms with van der Waals surface area (Å²) in [7, 11) is 0. The van der Waals surface area contributed by atoms with E-state index in [9.17, 15) is 9.90 Å². The molecule has 1 unspecified atom stereocenters. The van der Waals surface area contributed by atoms with Crippen LogP contribution in [-0.2, 0) is 11.2 Å². The monoisotopic (exact) mass is 327 g/mol. The van der Waals surface area contributed by atoms with E-state index in [1.54, 1.807) is 6.20 Å². The number of amides is 1. The Balaban J connectivity index is 1.79. The zero-order chi connectivity index (χ0) is 17.4. The zero-order valence-corrected chi connectivity index (χ0v) is 14.2. The molecule has 1 aromatic carbocycles. The molecule has 0 fully saturated rings. The maximum atomic E-state index is 12.0. The summed E-state index contributed by atoms with van der Waals surface area (Å²) in [6.45, 7) is 4.69. The number of hydrogen-bond acceptors (Lipinski definition) is 4. The molecule has 5 nitrogen and oxygen atoms in total. The Morgan fingerprint density at radius 2 is 1.92 bits per heavy atom. The van der Waals surface area contributed by atoms with Gasteiger partial charge in [-0.1, -0.05) is 24.3 Å². The highest BCUT2D eigenvalue weighted by molar-refractivity contribution is 5.81. The molecule has 0 bridgehead atoms. The fourth-order valence-corrected chi connectivity index (χ4v) is 2.60. The highest BCUT2D eigenvalue weighted by Gasteiger charge is 2.11. The van der Waals surface area contributed by atoms with Gasteiger partial charge in [-0.05, 0) is 43.5 Å². The number of aryl methyl sites for hydroxylation is 2. The lowest BCUT2D eigenvalue weighted by molar-refractivity contribution is -0.119. The van der Waals surface area contributed by atoms with Crippen molar-refractivity contribution >= 4 is 11.6 Å². The third kappa shape index (κ3) is 5.35. The minimum Gasteiger partial charge on any atom is -0.396 e. The standard InChI is InChI=1S/C19H25N3O2/c1-14-6-5-7-15(2)19(14)22-12-18(24)21-11-16(13-23)10-17-8-3-4-9-20-17/h3-9,16,22-23H,10-13H2,1-2H3,(H,21,24). The molecule has 1 atom stereocenters. The Bertz CT molecular complexity index is 639. The Hall–Kier alpha value is -2.40. The third-order valence-corrected chi connectivity index (χ3v) is 3.98. The van der Waals surface area contributed by atoms with Crippen molar-refractivity contribution in [3.8, 4) is 0 Å². The van der Waals surface area contributed by atoms with E-state index in [2.05, 4.69) is 15.6 Å². The summed E-state index contributed by atoms with van der Waals surface area (Å²) in [6.07, 6.45) is 2.37. The third-order valence-electron chi connectivity index (χ3n) is 3.98. The van der Waals surface area contributed by atoms with Crippen molar-refractivity contribution in [1.29, 1.82) is 0 Å². The van der Waals surface area contributed by atoms with Gasteiger partial charge in [-0.15, -0.1) is 0 Å². The predicted octanol–water partition coefficient (Wildman–Crippen LogP) is 2.08. The van der Waals surface area contributed by atoms with Gasteiger partial charge in [0.15, 0.2) is 0 Å². The topological polar surface area (TPSA) is 74.2 Å². The van der Waals surface area contributed by atoms with Crippen molar-refractivity contribution in [2.24, 2.45) is 5.92 Å². The number of carbonyl (C=O) groups excluding carboxylic acids is 1. The van der Waals surface area contributed by atoms with Gasteiger partial charge in [-0.3, -0.25) is 9.78 Å². The van der Waals surface area contributed by atoms with E-state index in [4.69, 9.17) is 0 Å². The molecule has 2 rings (SSSR count). The van der Waals surface area contributed by atoms with Crippen LogP contribution < -0.4 is 10.6 Å². The molecule has 1 aromatic heterocycles. The van der Waals surface area contributed by atoms with Gasteiger partial charge >= 0.3 is 0 Å². The number of pyridine rings is 1. The van der Waals surface area contributed by atoms with Crippen LogP contribution in [0.4, 0.5) is 5.69 Å². The normalized spacial score (nSPS) is 11.8. The molecular weight excluding hydrogens is 302 g/mol. The summed E-state index contributed by atoms with van der Waals surface area (Å²) in [5.74, 6) is -0.124. The van der Waals surface area contributed by atoms with Crippen LogP contribution in [0.25, 0.3) is 0 Å². The number of aliphatic hydroxyl groups is 1. The number of aliphatic hydroxyl groups excluding tert-OH is 1. The molecule has 1 heterocycles. The first-order valence-electron chi connectivity index (χ1n) is 8.17. The highest BCUT2D eigenvalue weighted by Crippen LogP contribution is 2.18. The zero-order valence-electron chi connectivity index (χ0n) is 14.2. The number of aromatic nitrogens is 1. The maximum absolute atomic E-state index is 12.0. The van der Waals surface area contributed by atoms with E-state index in [0.717, 1.165) is 22.5 Å². The average molecular weight is 327 g/mol. The SMILES string of the molecule is Cc1cccc(C)c1NCC(=O)NCC(CO)Cc1ccccn1. The van der Waals surface area contributed by atoms with Gasteiger partial charge in [0, 0.05) is 36.6 Å². The summed E-state index contributed by atoms with van der Waals surface area (Å²) < 4.78 is 0. The molecule has 24 heavy (non-hydrogen) atoms. The van der Waals surface area contributed by atoms with Gasteiger partial charge in [-0.25, -0.2) is 0 Å². The number of nitrogens with one attached hydrogen (secondary N) is 2. The van der Waals surface area contributed by atoms with Crippen molar-refractivity contribution in [2.45, 2.75) is 20.3 Å². The van der Waals surface area contributed by atoms with Crippen molar-refractivity contribution < 1.29 is 9.90 Å². The van der Waals surface area contributed by atoms with E-state index < -0.39 is 0 Å². The molecule has 0 aliphatic carbocycles. The van der Waals surface area contributed by atoms with Crippen LogP contribution in [-0.4, -0.2) is 35.7 Å². The Kier molecular flexibility index (Phi) is 6.75. The lowest BCUT2D eigenvalue weighted by Crippen LogP contribution is -2.35. The van der Waals surface area contributed by atoms with Crippen LogP contribution in [0.1, 0.15) is 16.8 Å². The molecule has 5 heteroatoms. The van der Waals surface area contributed by atoms with Gasteiger partial charge in [0.1, 0.15) is 0 Å². The molecular formula is C19H25N3O2. The van der Waals surface area contributed by atoms with Gasteiger partial charge in [0.25, 0.3) is 0 Å². The number of anilines is 1. The molecule has 128 valence electrons. The number of benzene rings is 1. The summed E-state index contributed by atoms with van der Waals surface area (Å²) in [5, 5.41) is 15.5. The van der Waals surface area contributed by atoms with Gasteiger partial charge in [0.05, 0.1) is 6.54 Å². The fraction of sp³-hybridized carbons (Fsp3) is 0.368.